The van der Waals surface area contributed by atoms with Gasteiger partial charge in [0.25, 0.3) is 0 Å². The Morgan fingerprint density at radius 1 is 0.263 bits per heavy atom. The van der Waals surface area contributed by atoms with E-state index >= 15 is 0 Å². The zero-order chi connectivity index (χ0) is 57.8. The first-order valence-electron chi connectivity index (χ1n) is 33.9. The lowest BCUT2D eigenvalue weighted by Gasteiger charge is -2.18. The topological polar surface area (TPSA) is 78.9 Å². The summed E-state index contributed by atoms with van der Waals surface area (Å²) in [4.78, 5) is 38.3. The standard InChI is InChI=1S/C74H126O6/c1-4-7-10-13-16-19-22-25-27-29-31-32-33-34-35-36-37-38-39-40-41-42-43-45-46-49-52-55-58-61-64-67-73(76)79-70-71(69-78-72(75)66-63-60-57-54-51-48-24-21-18-15-12-9-6-3)80-74(77)68-65-62-59-56-53-50-47-44-30-28-26-23-20-17-14-11-8-5-2/h7,9-10,12,16,18-21,23,25,27-28,30-32,48,51,71H,4-6,8,11,13-15,17,22,24,26,29,33-47,49-50,52-70H2,1-3H3/b10-7-,12-9-,19-16-,21-18-,23-20-,27-25-,30-28-,32-31-,51-48-. The summed E-state index contributed by atoms with van der Waals surface area (Å²) < 4.78 is 16.9. The zero-order valence-corrected chi connectivity index (χ0v) is 52.6. The summed E-state index contributed by atoms with van der Waals surface area (Å²) in [5, 5.41) is 0. The van der Waals surface area contributed by atoms with Crippen LogP contribution in [0.1, 0.15) is 323 Å². The second kappa shape index (κ2) is 67.6. The Morgan fingerprint density at radius 2 is 0.487 bits per heavy atom. The molecule has 6 heteroatoms. The number of carbonyl (C=O) groups excluding carboxylic acids is 3. The fourth-order valence-electron chi connectivity index (χ4n) is 9.48. The zero-order valence-electron chi connectivity index (χ0n) is 52.6. The van der Waals surface area contributed by atoms with Gasteiger partial charge in [0, 0.05) is 19.3 Å². The lowest BCUT2D eigenvalue weighted by Crippen LogP contribution is -2.30. The summed E-state index contributed by atoms with van der Waals surface area (Å²) in [5.41, 5.74) is 0. The molecule has 0 saturated heterocycles. The molecule has 0 fully saturated rings. The molecule has 0 rings (SSSR count). The second-order valence-corrected chi connectivity index (χ2v) is 22.3. The van der Waals surface area contributed by atoms with Gasteiger partial charge in [0.2, 0.25) is 0 Å². The molecule has 0 amide bonds. The molecule has 0 heterocycles. The first-order valence-corrected chi connectivity index (χ1v) is 33.9. The normalized spacial score (nSPS) is 12.8. The second-order valence-electron chi connectivity index (χ2n) is 22.3. The third kappa shape index (κ3) is 64.9. The Hall–Kier alpha value is -3.93. The highest BCUT2D eigenvalue weighted by Crippen LogP contribution is 2.17. The number of esters is 3. The van der Waals surface area contributed by atoms with Gasteiger partial charge in [-0.25, -0.2) is 0 Å². The quantitative estimate of drug-likeness (QED) is 0.0261. The molecule has 0 radical (unpaired) electrons. The van der Waals surface area contributed by atoms with Gasteiger partial charge in [-0.2, -0.15) is 0 Å². The Kier molecular flexibility index (Phi) is 64.3. The molecule has 6 nitrogen and oxygen atoms in total. The van der Waals surface area contributed by atoms with Crippen LogP contribution in [0.4, 0.5) is 0 Å². The minimum atomic E-state index is -0.795. The fourth-order valence-corrected chi connectivity index (χ4v) is 9.48. The van der Waals surface area contributed by atoms with Gasteiger partial charge in [-0.1, -0.05) is 291 Å². The fraction of sp³-hybridized carbons (Fsp3) is 0.716. The number of rotatable bonds is 61. The lowest BCUT2D eigenvalue weighted by molar-refractivity contribution is -0.167. The molecule has 0 aromatic carbocycles. The van der Waals surface area contributed by atoms with Gasteiger partial charge >= 0.3 is 17.9 Å². The van der Waals surface area contributed by atoms with E-state index in [0.29, 0.717) is 19.3 Å². The third-order valence-electron chi connectivity index (χ3n) is 14.5. The van der Waals surface area contributed by atoms with Crippen molar-refractivity contribution in [1.29, 1.82) is 0 Å². The molecule has 458 valence electrons. The molecule has 0 spiro atoms. The molecule has 0 N–H and O–H groups in total. The van der Waals surface area contributed by atoms with E-state index in [9.17, 15) is 14.4 Å². The van der Waals surface area contributed by atoms with Crippen molar-refractivity contribution in [3.05, 3.63) is 109 Å². The molecular weight excluding hydrogens is 985 g/mol. The van der Waals surface area contributed by atoms with E-state index in [1.54, 1.807) is 0 Å². The molecule has 1 atom stereocenters. The van der Waals surface area contributed by atoms with Crippen molar-refractivity contribution in [2.75, 3.05) is 13.2 Å². The maximum atomic E-state index is 12.9. The average Bonchev–Trinajstić information content (AvgIpc) is 3.46. The molecule has 0 bridgehead atoms. The number of ether oxygens (including phenoxy) is 3. The molecule has 0 aliphatic heterocycles. The van der Waals surface area contributed by atoms with Gasteiger partial charge in [0.15, 0.2) is 6.10 Å². The number of hydrogen-bond donors (Lipinski definition) is 0. The number of hydrogen-bond acceptors (Lipinski definition) is 6. The minimum Gasteiger partial charge on any atom is -0.462 e. The minimum absolute atomic E-state index is 0.0888. The Labute approximate surface area is 495 Å². The average molecular weight is 1110 g/mol. The van der Waals surface area contributed by atoms with Crippen LogP contribution in [0.25, 0.3) is 0 Å². The van der Waals surface area contributed by atoms with Crippen LogP contribution in [0.15, 0.2) is 109 Å². The summed E-state index contributed by atoms with van der Waals surface area (Å²) in [6, 6.07) is 0. The molecule has 0 aromatic heterocycles. The van der Waals surface area contributed by atoms with Crippen LogP contribution in [-0.2, 0) is 28.6 Å². The Morgan fingerprint density at radius 3 is 0.775 bits per heavy atom. The first-order chi connectivity index (χ1) is 39.5. The van der Waals surface area contributed by atoms with Gasteiger partial charge in [-0.3, -0.25) is 14.4 Å². The highest BCUT2D eigenvalue weighted by atomic mass is 16.6. The summed E-state index contributed by atoms with van der Waals surface area (Å²) in [6.45, 7) is 6.39. The van der Waals surface area contributed by atoms with Crippen molar-refractivity contribution < 1.29 is 28.6 Å². The van der Waals surface area contributed by atoms with Crippen LogP contribution in [0, 0.1) is 0 Å². The van der Waals surface area contributed by atoms with Crippen LogP contribution < -0.4 is 0 Å². The van der Waals surface area contributed by atoms with Crippen molar-refractivity contribution in [2.45, 2.75) is 329 Å². The van der Waals surface area contributed by atoms with Crippen molar-refractivity contribution in [1.82, 2.24) is 0 Å². The highest BCUT2D eigenvalue weighted by molar-refractivity contribution is 5.71. The van der Waals surface area contributed by atoms with Crippen LogP contribution in [0.3, 0.4) is 0 Å². The summed E-state index contributed by atoms with van der Waals surface area (Å²) >= 11 is 0. The van der Waals surface area contributed by atoms with Gasteiger partial charge < -0.3 is 14.2 Å². The molecular formula is C74H126O6. The van der Waals surface area contributed by atoms with Crippen molar-refractivity contribution in [2.24, 2.45) is 0 Å². The third-order valence-corrected chi connectivity index (χ3v) is 14.5. The van der Waals surface area contributed by atoms with Crippen LogP contribution in [-0.4, -0.2) is 37.2 Å². The highest BCUT2D eigenvalue weighted by Gasteiger charge is 2.19. The van der Waals surface area contributed by atoms with Crippen molar-refractivity contribution in [3.8, 4) is 0 Å². The van der Waals surface area contributed by atoms with Crippen molar-refractivity contribution >= 4 is 17.9 Å². The van der Waals surface area contributed by atoms with Gasteiger partial charge in [0.05, 0.1) is 0 Å². The SMILES string of the molecule is CC/C=C\C/C=C\C/C=C\C/C=C\CCCCCCCCCCCCCCCCCCCCC(=O)OCC(COC(=O)CCCCC/C=C\C/C=C\C/C=C\CC)OC(=O)CCCCCCCCC/C=C\C/C=C\CCCCCC. The van der Waals surface area contributed by atoms with Crippen LogP contribution >= 0.6 is 0 Å². The maximum absolute atomic E-state index is 12.9. The van der Waals surface area contributed by atoms with E-state index in [1.165, 1.54) is 161 Å². The molecule has 0 aromatic rings. The first kappa shape index (κ1) is 76.1. The van der Waals surface area contributed by atoms with E-state index in [4.69, 9.17) is 14.2 Å². The van der Waals surface area contributed by atoms with E-state index in [0.717, 1.165) is 122 Å². The van der Waals surface area contributed by atoms with E-state index in [2.05, 4.69) is 130 Å². The largest absolute Gasteiger partial charge is 0.462 e. The van der Waals surface area contributed by atoms with Gasteiger partial charge in [0.1, 0.15) is 13.2 Å². The van der Waals surface area contributed by atoms with Crippen molar-refractivity contribution in [3.63, 3.8) is 0 Å². The monoisotopic (exact) mass is 1110 g/mol. The van der Waals surface area contributed by atoms with Gasteiger partial charge in [-0.05, 0) is 122 Å². The predicted molar refractivity (Wildman–Crippen MR) is 348 cm³/mol. The summed E-state index contributed by atoms with van der Waals surface area (Å²) in [6.07, 6.45) is 92.6. The molecule has 1 unspecified atom stereocenters. The number of carbonyl (C=O) groups is 3. The molecule has 0 aliphatic carbocycles. The van der Waals surface area contributed by atoms with E-state index in [1.807, 2.05) is 0 Å². The lowest BCUT2D eigenvalue weighted by atomic mass is 10.0. The smallest absolute Gasteiger partial charge is 0.306 e. The van der Waals surface area contributed by atoms with E-state index in [-0.39, 0.29) is 31.1 Å². The van der Waals surface area contributed by atoms with E-state index < -0.39 is 6.10 Å². The maximum Gasteiger partial charge on any atom is 0.306 e. The summed E-state index contributed by atoms with van der Waals surface area (Å²) in [5.74, 6) is -0.916. The van der Waals surface area contributed by atoms with Crippen LogP contribution in [0.2, 0.25) is 0 Å². The molecule has 80 heavy (non-hydrogen) atoms. The van der Waals surface area contributed by atoms with Crippen LogP contribution in [0.5, 0.6) is 0 Å². The number of unbranched alkanes of at least 4 members (excludes halogenated alkanes) is 32. The summed E-state index contributed by atoms with van der Waals surface area (Å²) in [7, 11) is 0. The molecule has 0 aliphatic rings. The van der Waals surface area contributed by atoms with Gasteiger partial charge in [-0.15, -0.1) is 0 Å². The number of allylic oxidation sites excluding steroid dienone is 18. The molecule has 0 saturated carbocycles. The Bertz CT molecular complexity index is 1610. The predicted octanol–water partition coefficient (Wildman–Crippen LogP) is 23.4. The Balaban J connectivity index is 4.22.